The lowest BCUT2D eigenvalue weighted by Gasteiger charge is -2.34. The van der Waals surface area contributed by atoms with Crippen molar-refractivity contribution in [2.24, 2.45) is 7.05 Å². The highest BCUT2D eigenvalue weighted by Crippen LogP contribution is 2.14. The second-order valence-corrected chi connectivity index (χ2v) is 5.46. The smallest absolute Gasteiger partial charge is 0.273 e. The van der Waals surface area contributed by atoms with Crippen molar-refractivity contribution in [3.05, 3.63) is 47.3 Å². The van der Waals surface area contributed by atoms with Crippen molar-refractivity contribution < 1.29 is 18.4 Å². The molecular weight excluding hydrogens is 320 g/mol. The first-order valence-corrected chi connectivity index (χ1v) is 7.35. The Morgan fingerprint density at radius 1 is 1.00 bits per heavy atom. The summed E-state index contributed by atoms with van der Waals surface area (Å²) in [5.41, 5.74) is 0.458. The van der Waals surface area contributed by atoms with Crippen molar-refractivity contribution in [1.29, 1.82) is 0 Å². The summed E-state index contributed by atoms with van der Waals surface area (Å²) in [6.45, 7) is 1.32. The fourth-order valence-corrected chi connectivity index (χ4v) is 2.57. The molecule has 0 bridgehead atoms. The number of hydrogen-bond donors (Lipinski definition) is 0. The number of aryl methyl sites for hydroxylation is 1. The van der Waals surface area contributed by atoms with Gasteiger partial charge in [-0.2, -0.15) is 0 Å². The molecule has 1 saturated heterocycles. The number of aromatic nitrogens is 3. The minimum absolute atomic E-state index is 0.0875. The summed E-state index contributed by atoms with van der Waals surface area (Å²) in [7, 11) is 1.63. The third kappa shape index (κ3) is 2.97. The van der Waals surface area contributed by atoms with Crippen LogP contribution in [-0.2, 0) is 7.05 Å². The Morgan fingerprint density at radius 2 is 1.62 bits per heavy atom. The predicted octanol–water partition coefficient (Wildman–Crippen LogP) is 0.691. The van der Waals surface area contributed by atoms with Gasteiger partial charge in [0.1, 0.15) is 5.69 Å². The highest BCUT2D eigenvalue weighted by molar-refractivity contribution is 5.95. The van der Waals surface area contributed by atoms with E-state index in [0.29, 0.717) is 31.9 Å². The third-order valence-corrected chi connectivity index (χ3v) is 3.95. The summed E-state index contributed by atoms with van der Waals surface area (Å²) in [5.74, 6) is -2.64. The van der Waals surface area contributed by atoms with Gasteiger partial charge in [-0.05, 0) is 18.2 Å². The zero-order valence-electron chi connectivity index (χ0n) is 12.9. The molecule has 7 nitrogen and oxygen atoms in total. The molecule has 1 aromatic heterocycles. The first-order valence-electron chi connectivity index (χ1n) is 7.35. The van der Waals surface area contributed by atoms with Crippen LogP contribution >= 0.6 is 0 Å². The van der Waals surface area contributed by atoms with Crippen LogP contribution in [0.4, 0.5) is 8.78 Å². The molecule has 0 N–H and O–H groups in total. The summed E-state index contributed by atoms with van der Waals surface area (Å²) in [6.07, 6.45) is 1.39. The van der Waals surface area contributed by atoms with Crippen LogP contribution in [0.1, 0.15) is 20.8 Å². The third-order valence-electron chi connectivity index (χ3n) is 3.95. The van der Waals surface area contributed by atoms with E-state index in [9.17, 15) is 18.4 Å². The van der Waals surface area contributed by atoms with E-state index in [1.54, 1.807) is 11.9 Å². The van der Waals surface area contributed by atoms with Crippen LogP contribution in [-0.4, -0.2) is 62.8 Å². The second-order valence-electron chi connectivity index (χ2n) is 5.46. The molecule has 2 aromatic rings. The molecule has 0 aliphatic carbocycles. The van der Waals surface area contributed by atoms with Gasteiger partial charge in [0.05, 0.1) is 6.20 Å². The largest absolute Gasteiger partial charge is 0.335 e. The van der Waals surface area contributed by atoms with Gasteiger partial charge < -0.3 is 9.80 Å². The molecule has 9 heteroatoms. The molecule has 2 heterocycles. The Morgan fingerprint density at radius 3 is 2.17 bits per heavy atom. The standard InChI is InChI=1S/C15H15F2N5O2/c1-20-13(9-18-19-20)15(24)22-6-4-21(5-7-22)14(23)10-2-3-11(16)12(17)8-10/h2-3,8-9H,4-7H2,1H3. The van der Waals surface area contributed by atoms with E-state index in [1.165, 1.54) is 21.8 Å². The molecule has 0 radical (unpaired) electrons. The molecule has 1 fully saturated rings. The quantitative estimate of drug-likeness (QED) is 0.810. The lowest BCUT2D eigenvalue weighted by Crippen LogP contribution is -2.50. The highest BCUT2D eigenvalue weighted by atomic mass is 19.2. The molecule has 1 aromatic carbocycles. The number of carbonyl (C=O) groups is 2. The SMILES string of the molecule is Cn1nncc1C(=O)N1CCN(C(=O)c2ccc(F)c(F)c2)CC1. The molecule has 1 aliphatic rings. The van der Waals surface area contributed by atoms with Gasteiger partial charge in [-0.3, -0.25) is 9.59 Å². The molecule has 0 saturated carbocycles. The van der Waals surface area contributed by atoms with Crippen LogP contribution in [0.15, 0.2) is 24.4 Å². The van der Waals surface area contributed by atoms with Gasteiger partial charge in [0.15, 0.2) is 11.6 Å². The molecule has 0 atom stereocenters. The minimum atomic E-state index is -1.06. The summed E-state index contributed by atoms with van der Waals surface area (Å²) in [6, 6.07) is 3.06. The summed E-state index contributed by atoms with van der Waals surface area (Å²) < 4.78 is 27.6. The Balaban J connectivity index is 1.64. The normalized spacial score (nSPS) is 14.8. The molecule has 126 valence electrons. The van der Waals surface area contributed by atoms with Crippen molar-refractivity contribution in [2.75, 3.05) is 26.2 Å². The van der Waals surface area contributed by atoms with Crippen LogP contribution in [0, 0.1) is 11.6 Å². The Labute approximate surface area is 136 Å². The van der Waals surface area contributed by atoms with E-state index in [2.05, 4.69) is 10.3 Å². The van der Waals surface area contributed by atoms with Crippen LogP contribution in [0.3, 0.4) is 0 Å². The number of carbonyl (C=O) groups excluding carboxylic acids is 2. The van der Waals surface area contributed by atoms with E-state index in [1.807, 2.05) is 0 Å². The number of piperazine rings is 1. The fraction of sp³-hybridized carbons (Fsp3) is 0.333. The van der Waals surface area contributed by atoms with Gasteiger partial charge in [-0.25, -0.2) is 13.5 Å². The van der Waals surface area contributed by atoms with Crippen molar-refractivity contribution >= 4 is 11.8 Å². The van der Waals surface area contributed by atoms with Crippen LogP contribution in [0.5, 0.6) is 0 Å². The zero-order chi connectivity index (χ0) is 17.3. The van der Waals surface area contributed by atoms with Crippen molar-refractivity contribution in [3.8, 4) is 0 Å². The van der Waals surface area contributed by atoms with Gasteiger partial charge in [0, 0.05) is 38.8 Å². The summed E-state index contributed by atoms with van der Waals surface area (Å²) in [4.78, 5) is 27.8. The van der Waals surface area contributed by atoms with E-state index < -0.39 is 11.6 Å². The Hall–Kier alpha value is -2.84. The van der Waals surface area contributed by atoms with E-state index in [-0.39, 0.29) is 17.4 Å². The van der Waals surface area contributed by atoms with Crippen LogP contribution in [0.25, 0.3) is 0 Å². The number of benzene rings is 1. The molecule has 2 amide bonds. The van der Waals surface area contributed by atoms with Crippen LogP contribution < -0.4 is 0 Å². The number of halogens is 2. The number of nitrogens with zero attached hydrogens (tertiary/aromatic N) is 5. The Bertz CT molecular complexity index is 784. The van der Waals surface area contributed by atoms with Crippen molar-refractivity contribution in [1.82, 2.24) is 24.8 Å². The molecule has 3 rings (SSSR count). The lowest BCUT2D eigenvalue weighted by molar-refractivity contribution is 0.0529. The lowest BCUT2D eigenvalue weighted by atomic mass is 10.1. The Kier molecular flexibility index (Phi) is 4.24. The highest BCUT2D eigenvalue weighted by Gasteiger charge is 2.27. The van der Waals surface area contributed by atoms with E-state index >= 15 is 0 Å². The van der Waals surface area contributed by atoms with Gasteiger partial charge in [0.25, 0.3) is 11.8 Å². The van der Waals surface area contributed by atoms with Gasteiger partial charge in [0.2, 0.25) is 0 Å². The maximum atomic E-state index is 13.3. The first kappa shape index (κ1) is 16.0. The first-order chi connectivity index (χ1) is 11.5. The maximum Gasteiger partial charge on any atom is 0.273 e. The molecule has 0 unspecified atom stereocenters. The minimum Gasteiger partial charge on any atom is -0.335 e. The molecule has 0 spiro atoms. The van der Waals surface area contributed by atoms with Gasteiger partial charge in [-0.1, -0.05) is 5.21 Å². The predicted molar refractivity (Wildman–Crippen MR) is 79.2 cm³/mol. The molecular formula is C15H15F2N5O2. The monoisotopic (exact) mass is 335 g/mol. The number of amides is 2. The topological polar surface area (TPSA) is 71.3 Å². The van der Waals surface area contributed by atoms with E-state index in [0.717, 1.165) is 12.1 Å². The molecule has 24 heavy (non-hydrogen) atoms. The second kappa shape index (κ2) is 6.34. The summed E-state index contributed by atoms with van der Waals surface area (Å²) in [5, 5.41) is 7.39. The van der Waals surface area contributed by atoms with Gasteiger partial charge in [-0.15, -0.1) is 5.10 Å². The van der Waals surface area contributed by atoms with Crippen LogP contribution in [0.2, 0.25) is 0 Å². The average Bonchev–Trinajstić information content (AvgIpc) is 3.02. The van der Waals surface area contributed by atoms with Crippen molar-refractivity contribution in [2.45, 2.75) is 0 Å². The average molecular weight is 335 g/mol. The zero-order valence-corrected chi connectivity index (χ0v) is 12.9. The fourth-order valence-electron chi connectivity index (χ4n) is 2.57. The number of hydrogen-bond acceptors (Lipinski definition) is 4. The van der Waals surface area contributed by atoms with E-state index in [4.69, 9.17) is 0 Å². The van der Waals surface area contributed by atoms with Gasteiger partial charge >= 0.3 is 0 Å². The summed E-state index contributed by atoms with van der Waals surface area (Å²) >= 11 is 0. The van der Waals surface area contributed by atoms with Crippen molar-refractivity contribution in [3.63, 3.8) is 0 Å². The number of rotatable bonds is 2. The maximum absolute atomic E-state index is 13.3. The molecule has 1 aliphatic heterocycles.